The van der Waals surface area contributed by atoms with E-state index in [0.29, 0.717) is 4.88 Å². The Balaban J connectivity index is 2.14. The van der Waals surface area contributed by atoms with Gasteiger partial charge in [0.15, 0.2) is 0 Å². The third-order valence-electron chi connectivity index (χ3n) is 3.01. The molecule has 0 spiro atoms. The lowest BCUT2D eigenvalue weighted by atomic mass is 10.1. The maximum atomic E-state index is 12.9. The summed E-state index contributed by atoms with van der Waals surface area (Å²) in [5.74, 6) is -0.345. The summed E-state index contributed by atoms with van der Waals surface area (Å²) in [6, 6.07) is 7.12. The highest BCUT2D eigenvalue weighted by Crippen LogP contribution is 2.31. The van der Waals surface area contributed by atoms with E-state index in [9.17, 15) is 18.0 Å². The number of thiophene rings is 1. The second kappa shape index (κ2) is 5.89. The van der Waals surface area contributed by atoms with Crippen LogP contribution in [-0.2, 0) is 12.7 Å². The summed E-state index contributed by atoms with van der Waals surface area (Å²) in [6.07, 6.45) is -4.42. The van der Waals surface area contributed by atoms with E-state index in [1.807, 2.05) is 19.9 Å². The van der Waals surface area contributed by atoms with Gasteiger partial charge in [-0.25, -0.2) is 0 Å². The van der Waals surface area contributed by atoms with Gasteiger partial charge in [-0.2, -0.15) is 13.2 Å². The highest BCUT2D eigenvalue weighted by Gasteiger charge is 2.32. The molecule has 0 saturated heterocycles. The molecule has 0 bridgehead atoms. The lowest BCUT2D eigenvalue weighted by molar-refractivity contribution is -0.138. The minimum absolute atomic E-state index is 0.0595. The first-order valence-electron chi connectivity index (χ1n) is 6.29. The van der Waals surface area contributed by atoms with Gasteiger partial charge in [0.25, 0.3) is 5.91 Å². The van der Waals surface area contributed by atoms with Crippen molar-refractivity contribution in [1.29, 1.82) is 0 Å². The van der Waals surface area contributed by atoms with Gasteiger partial charge >= 0.3 is 6.18 Å². The van der Waals surface area contributed by atoms with Crippen LogP contribution in [-0.4, -0.2) is 5.91 Å². The Bertz CT molecular complexity index is 661. The van der Waals surface area contributed by atoms with Gasteiger partial charge in [0, 0.05) is 11.4 Å². The van der Waals surface area contributed by atoms with Crippen molar-refractivity contribution in [3.8, 4) is 0 Å². The van der Waals surface area contributed by atoms with Crippen LogP contribution in [0.2, 0.25) is 0 Å². The van der Waals surface area contributed by atoms with Gasteiger partial charge in [0.2, 0.25) is 0 Å². The predicted octanol–water partition coefficient (Wildman–Crippen LogP) is 4.31. The molecule has 0 saturated carbocycles. The van der Waals surface area contributed by atoms with Crippen LogP contribution >= 0.6 is 11.3 Å². The molecule has 2 nitrogen and oxygen atoms in total. The SMILES string of the molecule is Cc1cc(C)c(C(=O)NCc2ccccc2C(F)(F)F)s1. The maximum absolute atomic E-state index is 12.9. The van der Waals surface area contributed by atoms with Crippen LogP contribution in [0.25, 0.3) is 0 Å². The summed E-state index contributed by atoms with van der Waals surface area (Å²) >= 11 is 1.33. The summed E-state index contributed by atoms with van der Waals surface area (Å²) < 4.78 is 38.6. The summed E-state index contributed by atoms with van der Waals surface area (Å²) in [5, 5.41) is 2.55. The molecule has 0 aliphatic carbocycles. The molecule has 0 atom stereocenters. The highest BCUT2D eigenvalue weighted by atomic mass is 32.1. The monoisotopic (exact) mass is 313 g/mol. The molecule has 2 aromatic rings. The van der Waals surface area contributed by atoms with E-state index in [1.54, 1.807) is 0 Å². The topological polar surface area (TPSA) is 29.1 Å². The van der Waals surface area contributed by atoms with Gasteiger partial charge in [-0.15, -0.1) is 11.3 Å². The number of aryl methyl sites for hydroxylation is 2. The normalized spacial score (nSPS) is 11.5. The van der Waals surface area contributed by atoms with Crippen LogP contribution in [0.1, 0.15) is 31.2 Å². The molecule has 21 heavy (non-hydrogen) atoms. The molecular weight excluding hydrogens is 299 g/mol. The quantitative estimate of drug-likeness (QED) is 0.898. The third-order valence-corrected chi connectivity index (χ3v) is 4.16. The fourth-order valence-corrected chi connectivity index (χ4v) is 3.02. The first kappa shape index (κ1) is 15.6. The molecule has 0 fully saturated rings. The lowest BCUT2D eigenvalue weighted by Crippen LogP contribution is -2.24. The first-order valence-corrected chi connectivity index (χ1v) is 7.11. The number of rotatable bonds is 3. The molecule has 1 heterocycles. The number of hydrogen-bond acceptors (Lipinski definition) is 2. The van der Waals surface area contributed by atoms with Crippen LogP contribution in [0.4, 0.5) is 13.2 Å². The number of nitrogens with one attached hydrogen (secondary N) is 1. The Kier molecular flexibility index (Phi) is 4.37. The van der Waals surface area contributed by atoms with Crippen molar-refractivity contribution in [3.63, 3.8) is 0 Å². The van der Waals surface area contributed by atoms with E-state index < -0.39 is 11.7 Å². The van der Waals surface area contributed by atoms with Crippen molar-refractivity contribution in [1.82, 2.24) is 5.32 Å². The van der Waals surface area contributed by atoms with Crippen molar-refractivity contribution in [3.05, 3.63) is 56.8 Å². The zero-order valence-electron chi connectivity index (χ0n) is 11.5. The van der Waals surface area contributed by atoms with Crippen molar-refractivity contribution >= 4 is 17.2 Å². The number of benzene rings is 1. The zero-order valence-corrected chi connectivity index (χ0v) is 12.4. The summed E-state index contributed by atoms with van der Waals surface area (Å²) in [6.45, 7) is 3.54. The summed E-state index contributed by atoms with van der Waals surface area (Å²) in [4.78, 5) is 13.6. The van der Waals surface area contributed by atoms with Crippen LogP contribution in [0.15, 0.2) is 30.3 Å². The predicted molar refractivity (Wildman–Crippen MR) is 76.4 cm³/mol. The number of halogens is 3. The van der Waals surface area contributed by atoms with Crippen molar-refractivity contribution in [2.24, 2.45) is 0 Å². The molecule has 0 aliphatic heterocycles. The van der Waals surface area contributed by atoms with Crippen molar-refractivity contribution in [2.75, 3.05) is 0 Å². The van der Waals surface area contributed by atoms with Crippen molar-refractivity contribution in [2.45, 2.75) is 26.6 Å². The minimum atomic E-state index is -4.42. The molecule has 2 rings (SSSR count). The number of amides is 1. The lowest BCUT2D eigenvalue weighted by Gasteiger charge is -2.13. The average Bonchev–Trinajstić information content (AvgIpc) is 2.74. The highest BCUT2D eigenvalue weighted by molar-refractivity contribution is 7.14. The smallest absolute Gasteiger partial charge is 0.347 e. The number of hydrogen-bond donors (Lipinski definition) is 1. The largest absolute Gasteiger partial charge is 0.416 e. The fraction of sp³-hybridized carbons (Fsp3) is 0.267. The number of carbonyl (C=O) groups is 1. The van der Waals surface area contributed by atoms with E-state index in [1.165, 1.54) is 29.5 Å². The Morgan fingerprint density at radius 3 is 2.48 bits per heavy atom. The fourth-order valence-electron chi connectivity index (χ4n) is 2.07. The Hall–Kier alpha value is -1.82. The van der Waals surface area contributed by atoms with E-state index in [-0.39, 0.29) is 18.0 Å². The molecular formula is C15H14F3NOS. The van der Waals surface area contributed by atoms with Gasteiger partial charge in [0.1, 0.15) is 0 Å². The van der Waals surface area contributed by atoms with Gasteiger partial charge in [0.05, 0.1) is 10.4 Å². The van der Waals surface area contributed by atoms with E-state index in [0.717, 1.165) is 16.5 Å². The molecule has 0 unspecified atom stereocenters. The van der Waals surface area contributed by atoms with Crippen molar-refractivity contribution < 1.29 is 18.0 Å². The summed E-state index contributed by atoms with van der Waals surface area (Å²) in [7, 11) is 0. The zero-order chi connectivity index (χ0) is 15.6. The van der Waals surface area contributed by atoms with Crippen LogP contribution < -0.4 is 5.32 Å². The molecule has 1 N–H and O–H groups in total. The average molecular weight is 313 g/mol. The maximum Gasteiger partial charge on any atom is 0.416 e. The Morgan fingerprint density at radius 2 is 1.90 bits per heavy atom. The van der Waals surface area contributed by atoms with Gasteiger partial charge in [-0.3, -0.25) is 4.79 Å². The van der Waals surface area contributed by atoms with Crippen LogP contribution in [0.3, 0.4) is 0 Å². The molecule has 0 aliphatic rings. The second-order valence-electron chi connectivity index (χ2n) is 4.71. The van der Waals surface area contributed by atoms with Crippen LogP contribution in [0.5, 0.6) is 0 Å². The Morgan fingerprint density at radius 1 is 1.24 bits per heavy atom. The molecule has 1 aromatic carbocycles. The van der Waals surface area contributed by atoms with E-state index in [4.69, 9.17) is 0 Å². The molecule has 0 radical (unpaired) electrons. The molecule has 1 aromatic heterocycles. The molecule has 112 valence electrons. The number of carbonyl (C=O) groups excluding carboxylic acids is 1. The number of alkyl halides is 3. The Labute approximate surface area is 124 Å². The first-order chi connectivity index (χ1) is 9.79. The van der Waals surface area contributed by atoms with Gasteiger partial charge < -0.3 is 5.32 Å². The van der Waals surface area contributed by atoms with Gasteiger partial charge in [-0.05, 0) is 37.1 Å². The molecule has 1 amide bonds. The second-order valence-corrected chi connectivity index (χ2v) is 5.96. The van der Waals surface area contributed by atoms with Gasteiger partial charge in [-0.1, -0.05) is 18.2 Å². The molecule has 6 heteroatoms. The standard InChI is InChI=1S/C15H14F3NOS/c1-9-7-10(2)21-13(9)14(20)19-8-11-5-3-4-6-12(11)15(16,17)18/h3-7H,8H2,1-2H3,(H,19,20). The summed E-state index contributed by atoms with van der Waals surface area (Å²) in [5.41, 5.74) is 0.174. The van der Waals surface area contributed by atoms with E-state index >= 15 is 0 Å². The van der Waals surface area contributed by atoms with E-state index in [2.05, 4.69) is 5.32 Å². The van der Waals surface area contributed by atoms with Crippen LogP contribution in [0, 0.1) is 13.8 Å². The minimum Gasteiger partial charge on any atom is -0.347 e. The third kappa shape index (κ3) is 3.64.